The molecule has 2 N–H and O–H groups in total. The number of amides is 1. The van der Waals surface area contributed by atoms with Crippen molar-refractivity contribution in [3.05, 3.63) is 52.6 Å². The zero-order chi connectivity index (χ0) is 20.7. The Balaban J connectivity index is 2.65. The molecular weight excluding hydrogens is 370 g/mol. The van der Waals surface area contributed by atoms with Crippen molar-refractivity contribution < 1.29 is 4.79 Å². The van der Waals surface area contributed by atoms with Crippen LogP contribution >= 0.6 is 11.8 Å². The molecule has 1 aromatic carbocycles. The average Bonchev–Trinajstić information content (AvgIpc) is 2.71. The van der Waals surface area contributed by atoms with Crippen LogP contribution in [0.3, 0.4) is 0 Å². The molecule has 1 unspecified atom stereocenters. The minimum absolute atomic E-state index is 0.333. The lowest BCUT2D eigenvalue weighted by Crippen LogP contribution is -2.23. The topological polar surface area (TPSA) is 107 Å². The Kier molecular flexibility index (Phi) is 7.43. The van der Waals surface area contributed by atoms with Gasteiger partial charge in [0, 0.05) is 13.6 Å². The Labute approximate surface area is 170 Å². The molecule has 1 aromatic heterocycles. The third-order valence-electron chi connectivity index (χ3n) is 4.34. The summed E-state index contributed by atoms with van der Waals surface area (Å²) in [6.45, 7) is 4.66. The van der Waals surface area contributed by atoms with Crippen LogP contribution in [0.4, 0.5) is 5.82 Å². The number of thioether (sulfide) groups is 1. The predicted octanol–water partition coefficient (Wildman–Crippen LogP) is 3.55. The smallest absolute Gasteiger partial charge is 0.235 e. The van der Waals surface area contributed by atoms with Gasteiger partial charge in [0.05, 0.1) is 11.1 Å². The lowest BCUT2D eigenvalue weighted by Gasteiger charge is -2.23. The second-order valence-electron chi connectivity index (χ2n) is 6.28. The number of nitriles is 2. The first-order valence-corrected chi connectivity index (χ1v) is 9.95. The lowest BCUT2D eigenvalue weighted by atomic mass is 10.0. The molecule has 144 valence electrons. The molecule has 7 heteroatoms. The number of nitrogens with zero attached hydrogens (tertiary/aromatic N) is 4. The summed E-state index contributed by atoms with van der Waals surface area (Å²) in [5, 5.41) is 19.2. The fraction of sp³-hybridized carbons (Fsp3) is 0.333. The van der Waals surface area contributed by atoms with Crippen LogP contribution in [0.15, 0.2) is 35.4 Å². The van der Waals surface area contributed by atoms with E-state index in [1.54, 1.807) is 0 Å². The van der Waals surface area contributed by atoms with Crippen LogP contribution in [-0.4, -0.2) is 24.5 Å². The van der Waals surface area contributed by atoms with Gasteiger partial charge < -0.3 is 10.6 Å². The Morgan fingerprint density at radius 3 is 2.36 bits per heavy atom. The zero-order valence-electron chi connectivity index (χ0n) is 16.3. The number of primary amides is 1. The molecule has 2 aromatic rings. The summed E-state index contributed by atoms with van der Waals surface area (Å²) < 4.78 is 0. The maximum Gasteiger partial charge on any atom is 0.235 e. The van der Waals surface area contributed by atoms with Crippen molar-refractivity contribution in [3.8, 4) is 12.1 Å². The summed E-state index contributed by atoms with van der Waals surface area (Å²) in [6.07, 6.45) is 1.41. The number of nitrogens with two attached hydrogens (primary N) is 1. The molecule has 0 fully saturated rings. The van der Waals surface area contributed by atoms with E-state index >= 15 is 0 Å². The number of carbonyl (C=O) groups excluding carboxylic acids is 1. The van der Waals surface area contributed by atoms with Gasteiger partial charge in [0.1, 0.15) is 28.2 Å². The largest absolute Gasteiger partial charge is 0.368 e. The van der Waals surface area contributed by atoms with E-state index in [0.717, 1.165) is 30.3 Å². The molecule has 0 aliphatic carbocycles. The van der Waals surface area contributed by atoms with Crippen molar-refractivity contribution in [2.75, 3.05) is 18.5 Å². The second kappa shape index (κ2) is 9.77. The van der Waals surface area contributed by atoms with Gasteiger partial charge in [0.25, 0.3) is 0 Å². The minimum Gasteiger partial charge on any atom is -0.368 e. The van der Waals surface area contributed by atoms with Crippen LogP contribution in [0, 0.1) is 22.7 Å². The second-order valence-corrected chi connectivity index (χ2v) is 7.37. The summed E-state index contributed by atoms with van der Waals surface area (Å²) in [5.41, 5.74) is 7.79. The van der Waals surface area contributed by atoms with Crippen molar-refractivity contribution in [2.45, 2.75) is 37.0 Å². The molecule has 1 amide bonds. The summed E-state index contributed by atoms with van der Waals surface area (Å²) >= 11 is 1.16. The summed E-state index contributed by atoms with van der Waals surface area (Å²) in [7, 11) is 1.87. The van der Waals surface area contributed by atoms with Gasteiger partial charge in [-0.3, -0.25) is 4.79 Å². The molecule has 1 heterocycles. The van der Waals surface area contributed by atoms with Gasteiger partial charge in [-0.2, -0.15) is 10.5 Å². The molecule has 28 heavy (non-hydrogen) atoms. The molecule has 0 bridgehead atoms. The predicted molar refractivity (Wildman–Crippen MR) is 111 cm³/mol. The summed E-state index contributed by atoms with van der Waals surface area (Å²) in [4.78, 5) is 18.7. The van der Waals surface area contributed by atoms with Gasteiger partial charge in [-0.1, -0.05) is 55.9 Å². The van der Waals surface area contributed by atoms with Crippen LogP contribution < -0.4 is 10.6 Å². The number of aromatic nitrogens is 1. The van der Waals surface area contributed by atoms with Crippen LogP contribution in [0.2, 0.25) is 0 Å². The third-order valence-corrected chi connectivity index (χ3v) is 5.60. The highest BCUT2D eigenvalue weighted by Gasteiger charge is 2.26. The van der Waals surface area contributed by atoms with Gasteiger partial charge in [-0.05, 0) is 24.0 Å². The quantitative estimate of drug-likeness (QED) is 0.687. The molecule has 6 nitrogen and oxygen atoms in total. The molecular formula is C21H23N5OS. The monoisotopic (exact) mass is 393 g/mol. The first-order valence-electron chi connectivity index (χ1n) is 9.07. The SMILES string of the molecule is CCCN(C)c1nc(SC(C(N)=O)c2ccccc2)c(C#N)c(CC)c1C#N. The molecule has 0 radical (unpaired) electrons. The highest BCUT2D eigenvalue weighted by Crippen LogP contribution is 2.39. The Hall–Kier alpha value is -3.03. The van der Waals surface area contributed by atoms with Crippen LogP contribution in [0.5, 0.6) is 0 Å². The lowest BCUT2D eigenvalue weighted by molar-refractivity contribution is -0.117. The van der Waals surface area contributed by atoms with Crippen molar-refractivity contribution in [3.63, 3.8) is 0 Å². The standard InChI is InChI=1S/C21H23N5OS/c1-4-11-26(3)20-16(12-22)15(5-2)17(13-23)21(25-20)28-18(19(24)27)14-9-7-6-8-10-14/h6-10,18H,4-5,11H2,1-3H3,(H2,24,27). The summed E-state index contributed by atoms with van der Waals surface area (Å²) in [5.74, 6) is 0.0201. The molecule has 0 spiro atoms. The first kappa shape index (κ1) is 21.3. The van der Waals surface area contributed by atoms with E-state index in [2.05, 4.69) is 17.1 Å². The zero-order valence-corrected chi connectivity index (χ0v) is 17.1. The first-order chi connectivity index (χ1) is 13.5. The van der Waals surface area contributed by atoms with E-state index < -0.39 is 11.2 Å². The molecule has 0 saturated heterocycles. The van der Waals surface area contributed by atoms with Crippen molar-refractivity contribution in [2.24, 2.45) is 5.73 Å². The molecule has 0 aliphatic rings. The third kappa shape index (κ3) is 4.44. The number of benzene rings is 1. The fourth-order valence-corrected chi connectivity index (χ4v) is 4.07. The number of rotatable bonds is 8. The fourth-order valence-electron chi connectivity index (χ4n) is 3.02. The Bertz CT molecular complexity index is 931. The van der Waals surface area contributed by atoms with E-state index in [0.29, 0.717) is 34.0 Å². The molecule has 2 rings (SSSR count). The van der Waals surface area contributed by atoms with Crippen LogP contribution in [0.25, 0.3) is 0 Å². The van der Waals surface area contributed by atoms with Crippen molar-refractivity contribution in [1.82, 2.24) is 4.98 Å². The van der Waals surface area contributed by atoms with Gasteiger partial charge in [0.15, 0.2) is 0 Å². The van der Waals surface area contributed by atoms with E-state index in [9.17, 15) is 15.3 Å². The number of hydrogen-bond acceptors (Lipinski definition) is 6. The van der Waals surface area contributed by atoms with E-state index in [1.807, 2.05) is 56.1 Å². The highest BCUT2D eigenvalue weighted by molar-refractivity contribution is 8.00. The van der Waals surface area contributed by atoms with Gasteiger partial charge in [0.2, 0.25) is 5.91 Å². The van der Waals surface area contributed by atoms with Gasteiger partial charge >= 0.3 is 0 Å². The maximum atomic E-state index is 12.1. The number of anilines is 1. The Morgan fingerprint density at radius 2 is 1.86 bits per heavy atom. The van der Waals surface area contributed by atoms with Crippen LogP contribution in [-0.2, 0) is 11.2 Å². The van der Waals surface area contributed by atoms with Gasteiger partial charge in [-0.25, -0.2) is 4.98 Å². The van der Waals surface area contributed by atoms with E-state index in [-0.39, 0.29) is 0 Å². The average molecular weight is 394 g/mol. The number of carbonyl (C=O) groups is 1. The van der Waals surface area contributed by atoms with Crippen molar-refractivity contribution >= 4 is 23.5 Å². The molecule has 1 atom stereocenters. The van der Waals surface area contributed by atoms with E-state index in [1.165, 1.54) is 0 Å². The highest BCUT2D eigenvalue weighted by atomic mass is 32.2. The van der Waals surface area contributed by atoms with Crippen molar-refractivity contribution in [1.29, 1.82) is 10.5 Å². The Morgan fingerprint density at radius 1 is 1.21 bits per heavy atom. The minimum atomic E-state index is -0.678. The van der Waals surface area contributed by atoms with E-state index in [4.69, 9.17) is 5.73 Å². The van der Waals surface area contributed by atoms with Gasteiger partial charge in [-0.15, -0.1) is 0 Å². The normalized spacial score (nSPS) is 11.3. The van der Waals surface area contributed by atoms with Crippen LogP contribution in [0.1, 0.15) is 47.8 Å². The summed E-state index contributed by atoms with van der Waals surface area (Å²) in [6, 6.07) is 13.6. The molecule has 0 saturated carbocycles. The molecule has 0 aliphatic heterocycles. The maximum absolute atomic E-state index is 12.1. The number of hydrogen-bond donors (Lipinski definition) is 1. The number of pyridine rings is 1.